The van der Waals surface area contributed by atoms with Crippen LogP contribution >= 0.6 is 0 Å². The van der Waals surface area contributed by atoms with Gasteiger partial charge in [-0.25, -0.2) is 4.79 Å². The fraction of sp³-hybridized carbons (Fsp3) is 0.500. The molecular weight excluding hydrogens is 608 g/mol. The molecule has 0 radical (unpaired) electrons. The Labute approximate surface area is 276 Å². The summed E-state index contributed by atoms with van der Waals surface area (Å²) in [5, 5.41) is 5.54. The Kier molecular flexibility index (Phi) is 15.5. The number of fused-ring (bicyclic) bond motifs is 2. The fourth-order valence-electron chi connectivity index (χ4n) is 5.45. The minimum absolute atomic E-state index is 0.0164. The topological polar surface area (TPSA) is 198 Å². The van der Waals surface area contributed by atoms with E-state index in [1.54, 1.807) is 25.2 Å². The fourth-order valence-corrected chi connectivity index (χ4v) is 5.45. The van der Waals surface area contributed by atoms with Gasteiger partial charge in [-0.15, -0.1) is 6.58 Å². The van der Waals surface area contributed by atoms with E-state index in [2.05, 4.69) is 17.2 Å². The van der Waals surface area contributed by atoms with Gasteiger partial charge in [0, 0.05) is 50.4 Å². The molecule has 2 amide bonds. The molecule has 0 fully saturated rings. The highest BCUT2D eigenvalue weighted by atomic mass is 16.6. The second-order valence-corrected chi connectivity index (χ2v) is 11.6. The van der Waals surface area contributed by atoms with Gasteiger partial charge in [-0.3, -0.25) is 19.2 Å². The number of allylic oxidation sites excluding steroid dienone is 4. The molecule has 0 saturated heterocycles. The van der Waals surface area contributed by atoms with Gasteiger partial charge in [0.1, 0.15) is 12.2 Å². The highest BCUT2D eigenvalue weighted by Crippen LogP contribution is 2.30. The molecule has 2 rings (SSSR count). The van der Waals surface area contributed by atoms with E-state index >= 15 is 0 Å². The Morgan fingerprint density at radius 3 is 2.43 bits per heavy atom. The van der Waals surface area contributed by atoms with Crippen LogP contribution in [0.5, 0.6) is 0 Å². The number of esters is 1. The SMILES string of the molecule is C=CCNC1=C2C[C@@H](C)C[C@@H](OC)[C@@H](OC(=O)CCN)[C@H](C)/C=C(\C)[C@@H](OC(N)=O)[C@H](OC)/C=C\C=C(/C)C(=O)NC(=CC1=O)C2=O. The van der Waals surface area contributed by atoms with Crippen LogP contribution in [0.1, 0.15) is 47.0 Å². The molecule has 0 aromatic carbocycles. The van der Waals surface area contributed by atoms with Crippen LogP contribution in [0.2, 0.25) is 0 Å². The maximum absolute atomic E-state index is 13.7. The number of hydrogen-bond acceptors (Lipinski definition) is 11. The summed E-state index contributed by atoms with van der Waals surface area (Å²) in [6.07, 6.45) is 5.17. The molecule has 47 heavy (non-hydrogen) atoms. The zero-order valence-electron chi connectivity index (χ0n) is 28.0. The molecule has 258 valence electrons. The molecular formula is C34H48N4O9. The van der Waals surface area contributed by atoms with Crippen LogP contribution in [-0.2, 0) is 38.1 Å². The zero-order chi connectivity index (χ0) is 35.3. The van der Waals surface area contributed by atoms with E-state index in [9.17, 15) is 24.0 Å². The molecule has 1 heterocycles. The summed E-state index contributed by atoms with van der Waals surface area (Å²) in [5.41, 5.74) is 12.0. The van der Waals surface area contributed by atoms with Crippen LogP contribution in [-0.4, -0.2) is 81.3 Å². The number of carbonyl (C=O) groups excluding carboxylic acids is 5. The third kappa shape index (κ3) is 11.2. The van der Waals surface area contributed by atoms with Gasteiger partial charge in [-0.2, -0.15) is 0 Å². The molecule has 6 atom stereocenters. The number of amides is 2. The number of hydrogen-bond donors (Lipinski definition) is 4. The van der Waals surface area contributed by atoms with Crippen LogP contribution in [0.15, 0.2) is 71.1 Å². The molecule has 2 aliphatic rings. The van der Waals surface area contributed by atoms with Gasteiger partial charge < -0.3 is 41.0 Å². The van der Waals surface area contributed by atoms with Gasteiger partial charge in [0.2, 0.25) is 11.6 Å². The number of nitrogens with one attached hydrogen (secondary N) is 2. The van der Waals surface area contributed by atoms with Crippen LogP contribution in [0.3, 0.4) is 0 Å². The molecule has 13 nitrogen and oxygen atoms in total. The molecule has 2 bridgehead atoms. The summed E-state index contributed by atoms with van der Waals surface area (Å²) in [6.45, 7) is 11.0. The van der Waals surface area contributed by atoms with Crippen molar-refractivity contribution in [1.82, 2.24) is 10.6 Å². The lowest BCUT2D eigenvalue weighted by molar-refractivity contribution is -0.160. The first-order valence-corrected chi connectivity index (χ1v) is 15.4. The summed E-state index contributed by atoms with van der Waals surface area (Å²) in [7, 11) is 2.91. The van der Waals surface area contributed by atoms with Gasteiger partial charge in [0.05, 0.1) is 23.9 Å². The minimum Gasteiger partial charge on any atom is -0.459 e. The van der Waals surface area contributed by atoms with E-state index in [1.807, 2.05) is 13.8 Å². The van der Waals surface area contributed by atoms with Gasteiger partial charge in [0.25, 0.3) is 5.91 Å². The number of ketones is 2. The summed E-state index contributed by atoms with van der Waals surface area (Å²) >= 11 is 0. The van der Waals surface area contributed by atoms with E-state index in [4.69, 9.17) is 30.4 Å². The largest absolute Gasteiger partial charge is 0.459 e. The number of rotatable bonds is 9. The number of nitrogens with two attached hydrogens (primary N) is 2. The standard InChI is InChI=1S/C34H48N4O9/c1-8-14-37-29-23-15-19(2)16-27(45-7)32(46-28(40)12-13-35)22(5)17-21(4)31(47-34(36)43)26(44-6)11-9-10-20(3)33(42)38-24(30(23)41)18-25(29)39/h8-11,17-19,22,26-27,31-32,37H,1,12-16,35H2,2-7H3,(H2,36,43)(H,38,42)/b11-9-,20-10+,21-17+/t19-,22-,26-,27-,31-,32+/m1/s1. The van der Waals surface area contributed by atoms with Crippen LogP contribution in [0.25, 0.3) is 0 Å². The normalized spacial score (nSPS) is 29.3. The van der Waals surface area contributed by atoms with Crippen molar-refractivity contribution in [2.24, 2.45) is 23.3 Å². The van der Waals surface area contributed by atoms with E-state index in [-0.39, 0.29) is 54.4 Å². The van der Waals surface area contributed by atoms with E-state index < -0.39 is 59.9 Å². The molecule has 6 N–H and O–H groups in total. The quantitative estimate of drug-likeness (QED) is 0.162. The lowest BCUT2D eigenvalue weighted by atomic mass is 9.85. The molecule has 1 aliphatic carbocycles. The summed E-state index contributed by atoms with van der Waals surface area (Å²) in [5.74, 6) is -2.84. The Balaban J connectivity index is 2.74. The summed E-state index contributed by atoms with van der Waals surface area (Å²) in [6, 6.07) is 0. The maximum atomic E-state index is 13.7. The van der Waals surface area contributed by atoms with Crippen molar-refractivity contribution in [3.63, 3.8) is 0 Å². The van der Waals surface area contributed by atoms with Gasteiger partial charge >= 0.3 is 12.1 Å². The average molecular weight is 657 g/mol. The first kappa shape index (κ1) is 38.9. The third-order valence-corrected chi connectivity index (χ3v) is 7.80. The molecule has 0 aromatic rings. The minimum atomic E-state index is -1.03. The van der Waals surface area contributed by atoms with Crippen LogP contribution in [0, 0.1) is 11.8 Å². The monoisotopic (exact) mass is 656 g/mol. The van der Waals surface area contributed by atoms with Gasteiger partial charge in [-0.05, 0) is 38.2 Å². The Morgan fingerprint density at radius 2 is 1.83 bits per heavy atom. The second-order valence-electron chi connectivity index (χ2n) is 11.6. The molecule has 0 spiro atoms. The number of methoxy groups -OCH3 is 2. The van der Waals surface area contributed by atoms with Gasteiger partial charge in [-0.1, -0.05) is 44.2 Å². The van der Waals surface area contributed by atoms with Crippen molar-refractivity contribution in [1.29, 1.82) is 0 Å². The van der Waals surface area contributed by atoms with Crippen LogP contribution < -0.4 is 22.1 Å². The molecule has 0 aromatic heterocycles. The van der Waals surface area contributed by atoms with E-state index in [1.165, 1.54) is 33.3 Å². The van der Waals surface area contributed by atoms with Crippen molar-refractivity contribution in [3.05, 3.63) is 71.1 Å². The van der Waals surface area contributed by atoms with Crippen molar-refractivity contribution < 1.29 is 42.9 Å². The smallest absolute Gasteiger partial charge is 0.405 e. The first-order valence-electron chi connectivity index (χ1n) is 15.4. The summed E-state index contributed by atoms with van der Waals surface area (Å²) in [4.78, 5) is 64.6. The Hall–Kier alpha value is -4.33. The molecule has 0 unspecified atom stereocenters. The molecule has 0 saturated carbocycles. The predicted molar refractivity (Wildman–Crippen MR) is 175 cm³/mol. The number of primary amides is 1. The van der Waals surface area contributed by atoms with Crippen molar-refractivity contribution >= 4 is 29.5 Å². The lowest BCUT2D eigenvalue weighted by Crippen LogP contribution is -2.40. The van der Waals surface area contributed by atoms with Crippen molar-refractivity contribution in [3.8, 4) is 0 Å². The van der Waals surface area contributed by atoms with Crippen molar-refractivity contribution in [2.75, 3.05) is 27.3 Å². The van der Waals surface area contributed by atoms with E-state index in [0.29, 0.717) is 12.0 Å². The van der Waals surface area contributed by atoms with Crippen molar-refractivity contribution in [2.45, 2.75) is 71.4 Å². The van der Waals surface area contributed by atoms with E-state index in [0.717, 1.165) is 6.08 Å². The third-order valence-electron chi connectivity index (χ3n) is 7.80. The Bertz CT molecular complexity index is 1360. The lowest BCUT2D eigenvalue weighted by Gasteiger charge is -2.32. The first-order chi connectivity index (χ1) is 22.3. The average Bonchev–Trinajstić information content (AvgIpc) is 3.01. The highest BCUT2D eigenvalue weighted by Gasteiger charge is 2.35. The van der Waals surface area contributed by atoms with Gasteiger partial charge in [0.15, 0.2) is 6.10 Å². The number of ether oxygens (including phenoxy) is 4. The number of carbonyl (C=O) groups is 5. The second kappa shape index (κ2) is 18.7. The number of Topliss-reactive ketones (excluding diaryl/α,β-unsaturated/α-hetero) is 1. The highest BCUT2D eigenvalue weighted by molar-refractivity contribution is 6.23. The predicted octanol–water partition coefficient (Wildman–Crippen LogP) is 2.44. The maximum Gasteiger partial charge on any atom is 0.405 e. The zero-order valence-corrected chi connectivity index (χ0v) is 28.0. The van der Waals surface area contributed by atoms with Crippen LogP contribution in [0.4, 0.5) is 4.79 Å². The summed E-state index contributed by atoms with van der Waals surface area (Å²) < 4.78 is 22.8. The Morgan fingerprint density at radius 1 is 1.13 bits per heavy atom. The molecule has 13 heteroatoms. The molecule has 1 aliphatic heterocycles.